The van der Waals surface area contributed by atoms with Crippen LogP contribution in [0.25, 0.3) is 21.9 Å². The van der Waals surface area contributed by atoms with Crippen LogP contribution >= 0.6 is 0 Å². The lowest BCUT2D eigenvalue weighted by atomic mass is 9.77. The summed E-state index contributed by atoms with van der Waals surface area (Å²) in [4.78, 5) is 0. The van der Waals surface area contributed by atoms with E-state index < -0.39 is 17.2 Å². The van der Waals surface area contributed by atoms with Crippen molar-refractivity contribution in [3.8, 4) is 17.2 Å². The number of nitriles is 1. The Morgan fingerprint density at radius 2 is 1.61 bits per heavy atom. The van der Waals surface area contributed by atoms with Gasteiger partial charge in [-0.2, -0.15) is 5.26 Å². The Labute approximate surface area is 183 Å². The smallest absolute Gasteiger partial charge is 0.151 e. The van der Waals surface area contributed by atoms with E-state index in [4.69, 9.17) is 5.26 Å². The molecule has 3 aromatic carbocycles. The molecule has 0 saturated heterocycles. The summed E-state index contributed by atoms with van der Waals surface area (Å²) in [5.74, 6) is -0.0577. The second-order valence-corrected chi connectivity index (χ2v) is 8.93. The van der Waals surface area contributed by atoms with Gasteiger partial charge in [0.15, 0.2) is 5.82 Å². The summed E-state index contributed by atoms with van der Waals surface area (Å²) in [6.45, 7) is 2.26. The summed E-state index contributed by atoms with van der Waals surface area (Å²) in [5.41, 5.74) is 2.82. The van der Waals surface area contributed by atoms with Crippen molar-refractivity contribution in [3.63, 3.8) is 0 Å². The molecule has 31 heavy (non-hydrogen) atoms. The molecule has 3 heteroatoms. The molecule has 1 fully saturated rings. The van der Waals surface area contributed by atoms with Crippen molar-refractivity contribution in [1.82, 2.24) is 0 Å². The van der Waals surface area contributed by atoms with E-state index in [2.05, 4.69) is 31.2 Å². The normalized spacial score (nSPS) is 18.8. The molecule has 1 aliphatic rings. The van der Waals surface area contributed by atoms with Gasteiger partial charge in [0.1, 0.15) is 17.4 Å². The molecule has 1 saturated carbocycles. The maximum Gasteiger partial charge on any atom is 0.151 e. The maximum absolute atomic E-state index is 14.4. The molecular weight excluding hydrogens is 388 g/mol. The highest BCUT2D eigenvalue weighted by molar-refractivity contribution is 5.89. The third-order valence-electron chi connectivity index (χ3n) is 6.92. The highest BCUT2D eigenvalue weighted by Crippen LogP contribution is 2.38. The van der Waals surface area contributed by atoms with Crippen LogP contribution in [-0.4, -0.2) is 0 Å². The first-order valence-corrected chi connectivity index (χ1v) is 11.5. The quantitative estimate of drug-likeness (QED) is 0.369. The molecule has 0 amide bonds. The van der Waals surface area contributed by atoms with Gasteiger partial charge in [0, 0.05) is 5.39 Å². The number of halogens is 2. The van der Waals surface area contributed by atoms with Crippen molar-refractivity contribution < 1.29 is 8.78 Å². The van der Waals surface area contributed by atoms with Gasteiger partial charge in [-0.3, -0.25) is 0 Å². The summed E-state index contributed by atoms with van der Waals surface area (Å²) in [6, 6.07) is 16.7. The second-order valence-electron chi connectivity index (χ2n) is 8.93. The summed E-state index contributed by atoms with van der Waals surface area (Å²) in [6.07, 6.45) is 10.6. The first kappa shape index (κ1) is 21.5. The van der Waals surface area contributed by atoms with E-state index in [0.717, 1.165) is 17.0 Å². The molecule has 0 bridgehead atoms. The first-order valence-electron chi connectivity index (χ1n) is 11.5. The van der Waals surface area contributed by atoms with Crippen LogP contribution in [0.1, 0.15) is 75.3 Å². The van der Waals surface area contributed by atoms with E-state index in [-0.39, 0.29) is 5.39 Å². The minimum atomic E-state index is -0.815. The number of hydrogen-bond donors (Lipinski definition) is 0. The molecule has 1 aliphatic carbocycles. The molecule has 0 spiro atoms. The van der Waals surface area contributed by atoms with E-state index >= 15 is 0 Å². The van der Waals surface area contributed by atoms with Crippen molar-refractivity contribution in [1.29, 1.82) is 5.26 Å². The van der Waals surface area contributed by atoms with Gasteiger partial charge in [-0.25, -0.2) is 8.78 Å². The molecule has 0 heterocycles. The van der Waals surface area contributed by atoms with Gasteiger partial charge in [-0.05, 0) is 71.7 Å². The zero-order chi connectivity index (χ0) is 21.8. The number of benzene rings is 3. The fourth-order valence-corrected chi connectivity index (χ4v) is 5.03. The molecule has 3 aromatic rings. The van der Waals surface area contributed by atoms with Crippen LogP contribution in [0.5, 0.6) is 0 Å². The number of nitrogens with zero attached hydrogens (tertiary/aromatic N) is 1. The fraction of sp³-hybridized carbons (Fsp3) is 0.393. The Balaban J connectivity index is 1.47. The van der Waals surface area contributed by atoms with E-state index in [9.17, 15) is 8.78 Å². The zero-order valence-electron chi connectivity index (χ0n) is 18.1. The highest BCUT2D eigenvalue weighted by atomic mass is 19.1. The fourth-order valence-electron chi connectivity index (χ4n) is 5.03. The third kappa shape index (κ3) is 4.64. The Hall–Kier alpha value is -2.73. The van der Waals surface area contributed by atoms with Gasteiger partial charge < -0.3 is 0 Å². The molecule has 160 valence electrons. The predicted octanol–water partition coefficient (Wildman–Crippen LogP) is 8.51. The first-order chi connectivity index (χ1) is 15.1. The SMILES string of the molecule is CCCCCC1CCC(c2ccc(-c3ccc4c(F)c(C#N)c(F)cc4c3)cc2)CC1. The largest absolute Gasteiger partial charge is 0.205 e. The molecule has 0 unspecified atom stereocenters. The monoisotopic (exact) mass is 417 g/mol. The van der Waals surface area contributed by atoms with Crippen LogP contribution in [0.2, 0.25) is 0 Å². The number of hydrogen-bond acceptors (Lipinski definition) is 1. The molecule has 4 rings (SSSR count). The van der Waals surface area contributed by atoms with Crippen molar-refractivity contribution in [3.05, 3.63) is 71.3 Å². The van der Waals surface area contributed by atoms with Crippen LogP contribution in [0.4, 0.5) is 8.78 Å². The topological polar surface area (TPSA) is 23.8 Å². The van der Waals surface area contributed by atoms with E-state index in [1.54, 1.807) is 18.2 Å². The summed E-state index contributed by atoms with van der Waals surface area (Å²) >= 11 is 0. The lowest BCUT2D eigenvalue weighted by Gasteiger charge is -2.29. The van der Waals surface area contributed by atoms with Crippen LogP contribution in [0.3, 0.4) is 0 Å². The predicted molar refractivity (Wildman–Crippen MR) is 123 cm³/mol. The molecule has 0 aromatic heterocycles. The molecular formula is C28H29F2N. The van der Waals surface area contributed by atoms with Crippen LogP contribution < -0.4 is 0 Å². The Bertz CT molecular complexity index is 1090. The van der Waals surface area contributed by atoms with Gasteiger partial charge in [0.05, 0.1) is 0 Å². The van der Waals surface area contributed by atoms with Gasteiger partial charge in [-0.1, -0.05) is 69.0 Å². The standard InChI is InChI=1S/C28H29F2N/c1-2-3-4-5-19-6-8-20(9-7-19)21-10-12-22(13-11-21)23-14-15-25-24(16-23)17-27(29)26(18-31)28(25)30/h10-17,19-20H,2-9H2,1H3. The molecule has 0 atom stereocenters. The van der Waals surface area contributed by atoms with Crippen molar-refractivity contribution in [2.75, 3.05) is 0 Å². The number of rotatable bonds is 6. The van der Waals surface area contributed by atoms with Crippen LogP contribution in [0, 0.1) is 28.9 Å². The minimum absolute atomic E-state index is 0.272. The van der Waals surface area contributed by atoms with E-state index in [1.165, 1.54) is 63.0 Å². The zero-order valence-corrected chi connectivity index (χ0v) is 18.1. The molecule has 1 nitrogen and oxygen atoms in total. The second kappa shape index (κ2) is 9.60. The van der Waals surface area contributed by atoms with Crippen LogP contribution in [0.15, 0.2) is 48.5 Å². The molecule has 0 radical (unpaired) electrons. The summed E-state index contributed by atoms with van der Waals surface area (Å²) < 4.78 is 28.4. The van der Waals surface area contributed by atoms with E-state index in [1.807, 2.05) is 6.07 Å². The maximum atomic E-state index is 14.4. The van der Waals surface area contributed by atoms with Crippen molar-refractivity contribution >= 4 is 10.8 Å². The number of unbranched alkanes of at least 4 members (excludes halogenated alkanes) is 2. The van der Waals surface area contributed by atoms with Gasteiger partial charge >= 0.3 is 0 Å². The Morgan fingerprint density at radius 3 is 2.29 bits per heavy atom. The van der Waals surface area contributed by atoms with Crippen molar-refractivity contribution in [2.45, 2.75) is 64.2 Å². The average Bonchev–Trinajstić information content (AvgIpc) is 2.80. The average molecular weight is 418 g/mol. The minimum Gasteiger partial charge on any atom is -0.205 e. The lowest BCUT2D eigenvalue weighted by molar-refractivity contribution is 0.303. The Morgan fingerprint density at radius 1 is 0.903 bits per heavy atom. The molecule has 0 N–H and O–H groups in total. The van der Waals surface area contributed by atoms with Gasteiger partial charge in [0.25, 0.3) is 0 Å². The molecule has 0 aliphatic heterocycles. The van der Waals surface area contributed by atoms with Gasteiger partial charge in [0.2, 0.25) is 0 Å². The van der Waals surface area contributed by atoms with E-state index in [0.29, 0.717) is 11.3 Å². The highest BCUT2D eigenvalue weighted by Gasteiger charge is 2.22. The van der Waals surface area contributed by atoms with Crippen molar-refractivity contribution in [2.24, 2.45) is 5.92 Å². The lowest BCUT2D eigenvalue weighted by Crippen LogP contribution is -2.13. The summed E-state index contributed by atoms with van der Waals surface area (Å²) in [5, 5.41) is 9.70. The number of fused-ring (bicyclic) bond motifs is 1. The summed E-state index contributed by atoms with van der Waals surface area (Å²) in [7, 11) is 0. The van der Waals surface area contributed by atoms with Gasteiger partial charge in [-0.15, -0.1) is 0 Å². The van der Waals surface area contributed by atoms with Crippen LogP contribution in [-0.2, 0) is 0 Å². The Kier molecular flexibility index (Phi) is 6.66. The third-order valence-corrected chi connectivity index (χ3v) is 6.92.